The average Bonchev–Trinajstić information content (AvgIpc) is 3.15. The maximum Gasteiger partial charge on any atom is 0.255 e. The molecule has 48 heavy (non-hydrogen) atoms. The molecule has 0 spiro atoms. The van der Waals surface area contributed by atoms with Crippen LogP contribution in [0.25, 0.3) is 0 Å². The molecule has 6 rings (SSSR count). The molecule has 6 aromatic carbocycles. The predicted octanol–water partition coefficient (Wildman–Crippen LogP) is 7.24. The van der Waals surface area contributed by atoms with E-state index in [0.29, 0.717) is 17.7 Å². The predicted molar refractivity (Wildman–Crippen MR) is 204 cm³/mol. The molecule has 0 aliphatic rings. The van der Waals surface area contributed by atoms with Crippen molar-refractivity contribution >= 4 is 37.1 Å². The Bertz CT molecular complexity index is 1600. The fourth-order valence-electron chi connectivity index (χ4n) is 7.02. The van der Waals surface area contributed by atoms with Crippen molar-refractivity contribution < 1.29 is 14.6 Å². The minimum Gasteiger partial charge on any atom is -0.508 e. The lowest BCUT2D eigenvalue weighted by molar-refractivity contribution is 0.376. The molecule has 0 radical (unpaired) electrons. The first-order chi connectivity index (χ1) is 23.6. The molecule has 0 saturated carbocycles. The summed E-state index contributed by atoms with van der Waals surface area (Å²) < 4.78 is 7.78. The molecule has 0 saturated heterocycles. The molecular weight excluding hydrogens is 621 g/mol. The number of phenols is 2. The van der Waals surface area contributed by atoms with E-state index in [0.717, 1.165) is 37.8 Å². The van der Waals surface area contributed by atoms with Gasteiger partial charge in [-0.3, -0.25) is 0 Å². The lowest BCUT2D eigenvalue weighted by Crippen LogP contribution is -2.68. The molecule has 242 valence electrons. The summed E-state index contributed by atoms with van der Waals surface area (Å²) in [5, 5.41) is 25.1. The minimum atomic E-state index is -2.74. The third-order valence-corrected chi connectivity index (χ3v) is 18.9. The van der Waals surface area contributed by atoms with Gasteiger partial charge in [0.1, 0.15) is 19.6 Å². The van der Waals surface area contributed by atoms with Gasteiger partial charge in [-0.1, -0.05) is 162 Å². The Hall–Kier alpha value is -4.69. The number of hydrogen-bond donors (Lipinski definition) is 2. The van der Waals surface area contributed by atoms with Gasteiger partial charge in [-0.25, -0.2) is 0 Å². The maximum atomic E-state index is 9.86. The maximum absolute atomic E-state index is 9.86. The van der Waals surface area contributed by atoms with Crippen LogP contribution in [0.3, 0.4) is 0 Å². The number of aromatic hydroxyl groups is 2. The van der Waals surface area contributed by atoms with E-state index in [2.05, 4.69) is 121 Å². The van der Waals surface area contributed by atoms with E-state index in [1.165, 1.54) is 31.9 Å². The molecule has 0 amide bonds. The Kier molecular flexibility index (Phi) is 11.0. The second-order valence-electron chi connectivity index (χ2n) is 12.7. The van der Waals surface area contributed by atoms with Crippen molar-refractivity contribution in [1.82, 2.24) is 0 Å². The van der Waals surface area contributed by atoms with E-state index in [4.69, 9.17) is 4.43 Å². The molecule has 0 aromatic heterocycles. The smallest absolute Gasteiger partial charge is 0.255 e. The summed E-state index contributed by atoms with van der Waals surface area (Å²) in [6.07, 6.45) is 4.56. The van der Waals surface area contributed by atoms with Crippen LogP contribution >= 0.6 is 0 Å². The standard InChI is InChI=1S/C43H44O3Si2/c44-38-29-25-36(26-30-38)15-13-33-47(40-17-5-1-6-18-40,41-19-7-2-8-20-41)35-46-48(42-21-9-3-10-22-42,43-23-11-4-12-24-43)34-14-16-37-27-31-39(45)32-28-37/h1-12,17-32,44-45H,13-16,33-35H2. The van der Waals surface area contributed by atoms with Crippen molar-refractivity contribution in [2.45, 2.75) is 37.8 Å². The zero-order valence-electron chi connectivity index (χ0n) is 27.4. The second-order valence-corrected chi connectivity index (χ2v) is 20.4. The number of phenolic OH excluding ortho intramolecular Hbond substituents is 2. The monoisotopic (exact) mass is 664 g/mol. The normalized spacial score (nSPS) is 11.8. The SMILES string of the molecule is Oc1ccc(CCC[Si](CO[Si](CCCc2ccc(O)cc2)(c2ccccc2)c2ccccc2)(c2ccccc2)c2ccccc2)cc1. The highest BCUT2D eigenvalue weighted by atomic mass is 28.4. The Balaban J connectivity index is 1.41. The highest BCUT2D eigenvalue weighted by molar-refractivity contribution is 7.04. The summed E-state index contributed by atoms with van der Waals surface area (Å²) in [6, 6.07) is 61.4. The molecular formula is C43H44O3Si2. The summed E-state index contributed by atoms with van der Waals surface area (Å²) in [5.74, 6) is 0.603. The van der Waals surface area contributed by atoms with Crippen molar-refractivity contribution in [3.05, 3.63) is 181 Å². The number of rotatable bonds is 15. The van der Waals surface area contributed by atoms with E-state index in [9.17, 15) is 10.2 Å². The fraction of sp³-hybridized carbons (Fsp3) is 0.163. The Morgan fingerprint density at radius 3 is 1.15 bits per heavy atom. The van der Waals surface area contributed by atoms with Crippen molar-refractivity contribution in [3.63, 3.8) is 0 Å². The van der Waals surface area contributed by atoms with Crippen LogP contribution in [0.4, 0.5) is 0 Å². The van der Waals surface area contributed by atoms with Gasteiger partial charge < -0.3 is 14.6 Å². The molecule has 2 N–H and O–H groups in total. The second kappa shape index (κ2) is 15.9. The zero-order valence-corrected chi connectivity index (χ0v) is 29.4. The summed E-state index contributed by atoms with van der Waals surface area (Å²) in [5.41, 5.74) is 2.47. The first-order valence-corrected chi connectivity index (χ1v) is 21.5. The van der Waals surface area contributed by atoms with Crippen LogP contribution in [-0.2, 0) is 17.3 Å². The van der Waals surface area contributed by atoms with Gasteiger partial charge in [-0.2, -0.15) is 0 Å². The van der Waals surface area contributed by atoms with Crippen LogP contribution in [0.5, 0.6) is 11.5 Å². The van der Waals surface area contributed by atoms with E-state index in [1.807, 2.05) is 24.3 Å². The molecule has 0 fully saturated rings. The van der Waals surface area contributed by atoms with Gasteiger partial charge >= 0.3 is 0 Å². The largest absolute Gasteiger partial charge is 0.508 e. The van der Waals surface area contributed by atoms with Crippen molar-refractivity contribution in [1.29, 1.82) is 0 Å². The Morgan fingerprint density at radius 2 is 0.750 bits per heavy atom. The molecule has 0 bridgehead atoms. The lowest BCUT2D eigenvalue weighted by atomic mass is 10.1. The van der Waals surface area contributed by atoms with E-state index in [1.54, 1.807) is 24.3 Å². The Labute approximate surface area is 287 Å². The van der Waals surface area contributed by atoms with Crippen LogP contribution in [0, 0.1) is 0 Å². The first-order valence-electron chi connectivity index (χ1n) is 17.0. The molecule has 0 unspecified atom stereocenters. The van der Waals surface area contributed by atoms with Gasteiger partial charge in [0.05, 0.1) is 0 Å². The quantitative estimate of drug-likeness (QED) is 0.114. The van der Waals surface area contributed by atoms with Gasteiger partial charge in [0.2, 0.25) is 0 Å². The van der Waals surface area contributed by atoms with Crippen molar-refractivity contribution in [2.24, 2.45) is 0 Å². The highest BCUT2D eigenvalue weighted by Crippen LogP contribution is 2.24. The van der Waals surface area contributed by atoms with Crippen LogP contribution in [0.1, 0.15) is 24.0 Å². The van der Waals surface area contributed by atoms with Gasteiger partial charge in [0.25, 0.3) is 8.32 Å². The number of hydrogen-bond acceptors (Lipinski definition) is 3. The van der Waals surface area contributed by atoms with Crippen molar-refractivity contribution in [2.75, 3.05) is 6.23 Å². The summed E-state index contributed by atoms with van der Waals surface area (Å²) in [6.45, 7) is 0. The third-order valence-electron chi connectivity index (χ3n) is 9.63. The number of aryl methyl sites for hydroxylation is 2. The van der Waals surface area contributed by atoms with Gasteiger partial charge in [0.15, 0.2) is 0 Å². The van der Waals surface area contributed by atoms with E-state index < -0.39 is 16.4 Å². The third kappa shape index (κ3) is 7.88. The van der Waals surface area contributed by atoms with Crippen LogP contribution in [-0.4, -0.2) is 32.8 Å². The van der Waals surface area contributed by atoms with Gasteiger partial charge in [-0.15, -0.1) is 0 Å². The minimum absolute atomic E-state index is 0.299. The van der Waals surface area contributed by atoms with Gasteiger partial charge in [0, 0.05) is 6.23 Å². The van der Waals surface area contributed by atoms with Crippen LogP contribution < -0.4 is 20.7 Å². The van der Waals surface area contributed by atoms with E-state index >= 15 is 0 Å². The molecule has 6 aromatic rings. The summed E-state index contributed by atoms with van der Waals surface area (Å²) >= 11 is 0. The molecule has 0 aliphatic heterocycles. The highest BCUT2D eigenvalue weighted by Gasteiger charge is 2.44. The fourth-order valence-corrected chi connectivity index (χ4v) is 16.4. The van der Waals surface area contributed by atoms with Crippen LogP contribution in [0.15, 0.2) is 170 Å². The van der Waals surface area contributed by atoms with E-state index in [-0.39, 0.29) is 0 Å². The topological polar surface area (TPSA) is 49.7 Å². The lowest BCUT2D eigenvalue weighted by Gasteiger charge is -2.39. The molecule has 3 nitrogen and oxygen atoms in total. The molecule has 0 atom stereocenters. The average molecular weight is 665 g/mol. The molecule has 0 aliphatic carbocycles. The molecule has 0 heterocycles. The summed E-state index contributed by atoms with van der Waals surface area (Å²) in [4.78, 5) is 0. The summed E-state index contributed by atoms with van der Waals surface area (Å²) in [7, 11) is -5.20. The molecule has 5 heteroatoms. The number of benzene rings is 6. The van der Waals surface area contributed by atoms with Gasteiger partial charge in [-0.05, 0) is 77.1 Å². The van der Waals surface area contributed by atoms with Crippen LogP contribution in [0.2, 0.25) is 12.1 Å². The first kappa shape index (κ1) is 33.2. The van der Waals surface area contributed by atoms with Crippen molar-refractivity contribution in [3.8, 4) is 11.5 Å². The zero-order chi connectivity index (χ0) is 33.1. The Morgan fingerprint density at radius 1 is 0.396 bits per heavy atom.